The van der Waals surface area contributed by atoms with Crippen LogP contribution in [-0.2, 0) is 0 Å². The van der Waals surface area contributed by atoms with E-state index in [9.17, 15) is 0 Å². The molecule has 0 aromatic carbocycles. The Morgan fingerprint density at radius 2 is 1.88 bits per heavy atom. The highest BCUT2D eigenvalue weighted by molar-refractivity contribution is 6.36. The van der Waals surface area contributed by atoms with Gasteiger partial charge in [-0.3, -0.25) is 0 Å². The van der Waals surface area contributed by atoms with Crippen LogP contribution in [0.3, 0.4) is 0 Å². The maximum atomic E-state index is 6.02. The Morgan fingerprint density at radius 3 is 2.69 bits per heavy atom. The molecule has 0 aliphatic heterocycles. The second-order valence-electron chi connectivity index (χ2n) is 3.13. The van der Waals surface area contributed by atoms with E-state index in [1.165, 1.54) is 0 Å². The van der Waals surface area contributed by atoms with E-state index in [2.05, 4.69) is 15.0 Å². The fraction of sp³-hybridized carbons (Fsp3) is 0. The molecule has 80 valence electrons. The van der Waals surface area contributed by atoms with Gasteiger partial charge in [-0.25, -0.2) is 15.0 Å². The first-order valence-corrected chi connectivity index (χ1v) is 5.44. The van der Waals surface area contributed by atoms with Crippen molar-refractivity contribution in [3.63, 3.8) is 0 Å². The van der Waals surface area contributed by atoms with E-state index in [0.29, 0.717) is 16.2 Å². The number of nitrogens with zero attached hydrogens (tertiary/aromatic N) is 4. The monoisotopic (exact) mass is 272 g/mol. The number of hydrogen-bond donors (Lipinski definition) is 0. The lowest BCUT2D eigenvalue weighted by molar-refractivity contribution is 1.15. The van der Waals surface area contributed by atoms with Crippen molar-refractivity contribution >= 4 is 51.4 Å². The van der Waals surface area contributed by atoms with E-state index >= 15 is 0 Å². The van der Waals surface area contributed by atoms with Gasteiger partial charge in [-0.2, -0.15) is 0 Å². The fourth-order valence-electron chi connectivity index (χ4n) is 1.61. The highest BCUT2D eigenvalue weighted by Crippen LogP contribution is 2.27. The molecule has 0 bridgehead atoms. The molecule has 0 aliphatic carbocycles. The maximum Gasteiger partial charge on any atom is 0.224 e. The Labute approximate surface area is 105 Å². The van der Waals surface area contributed by atoms with Crippen molar-refractivity contribution in [3.8, 4) is 0 Å². The van der Waals surface area contributed by atoms with Crippen molar-refractivity contribution in [2.45, 2.75) is 0 Å². The van der Waals surface area contributed by atoms with Crippen molar-refractivity contribution < 1.29 is 0 Å². The molecule has 0 unspecified atom stereocenters. The lowest BCUT2D eigenvalue weighted by atomic mass is 10.4. The number of hydrogen-bond acceptors (Lipinski definition) is 3. The summed E-state index contributed by atoms with van der Waals surface area (Å²) in [5.74, 6) is 0. The number of halogens is 3. The second-order valence-corrected chi connectivity index (χ2v) is 4.19. The van der Waals surface area contributed by atoms with Gasteiger partial charge in [-0.1, -0.05) is 23.2 Å². The van der Waals surface area contributed by atoms with Gasteiger partial charge in [-0.05, 0) is 17.7 Å². The lowest BCUT2D eigenvalue weighted by Gasteiger charge is -1.98. The summed E-state index contributed by atoms with van der Waals surface area (Å²) < 4.78 is 1.78. The molecular formula is C9H3Cl3N4. The van der Waals surface area contributed by atoms with E-state index in [1.807, 2.05) is 0 Å². The van der Waals surface area contributed by atoms with Gasteiger partial charge in [0.15, 0.2) is 10.3 Å². The second kappa shape index (κ2) is 3.45. The number of aromatic nitrogens is 4. The normalized spacial score (nSPS) is 11.4. The minimum atomic E-state index is 0.109. The van der Waals surface area contributed by atoms with Gasteiger partial charge in [0.05, 0.1) is 11.0 Å². The van der Waals surface area contributed by atoms with E-state index < -0.39 is 0 Å². The minimum Gasteiger partial charge on any atom is -0.308 e. The first kappa shape index (κ1) is 10.1. The summed E-state index contributed by atoms with van der Waals surface area (Å²) in [5.41, 5.74) is 2.03. The van der Waals surface area contributed by atoms with Gasteiger partial charge in [0.2, 0.25) is 5.28 Å². The van der Waals surface area contributed by atoms with Crippen LogP contribution < -0.4 is 0 Å². The topological polar surface area (TPSA) is 43.1 Å². The minimum absolute atomic E-state index is 0.109. The van der Waals surface area contributed by atoms with Crippen LogP contribution in [0.1, 0.15) is 0 Å². The van der Waals surface area contributed by atoms with E-state index in [1.54, 1.807) is 22.9 Å². The van der Waals surface area contributed by atoms with Crippen LogP contribution in [0.4, 0.5) is 0 Å². The average Bonchev–Trinajstić information content (AvgIpc) is 2.57. The smallest absolute Gasteiger partial charge is 0.224 e. The van der Waals surface area contributed by atoms with Crippen LogP contribution in [0.5, 0.6) is 0 Å². The Balaban J connectivity index is 2.61. The van der Waals surface area contributed by atoms with Crippen LogP contribution in [0, 0.1) is 0 Å². The zero-order chi connectivity index (χ0) is 11.3. The predicted molar refractivity (Wildman–Crippen MR) is 63.3 cm³/mol. The molecule has 3 heterocycles. The summed E-state index contributed by atoms with van der Waals surface area (Å²) in [5, 5.41) is 0.780. The molecule has 0 aliphatic rings. The molecule has 0 saturated heterocycles. The predicted octanol–water partition coefficient (Wildman–Crippen LogP) is 3.24. The van der Waals surface area contributed by atoms with Crippen molar-refractivity contribution in [1.29, 1.82) is 0 Å². The van der Waals surface area contributed by atoms with Gasteiger partial charge in [0.25, 0.3) is 0 Å². The molecule has 3 rings (SSSR count). The summed E-state index contributed by atoms with van der Waals surface area (Å²) in [6.45, 7) is 0. The molecule has 0 fully saturated rings. The van der Waals surface area contributed by atoms with Crippen molar-refractivity contribution in [3.05, 3.63) is 34.0 Å². The molecule has 7 heteroatoms. The van der Waals surface area contributed by atoms with Crippen LogP contribution in [0.15, 0.2) is 18.5 Å². The highest BCUT2D eigenvalue weighted by atomic mass is 35.5. The van der Waals surface area contributed by atoms with Gasteiger partial charge < -0.3 is 4.40 Å². The summed E-state index contributed by atoms with van der Waals surface area (Å²) in [6.07, 6.45) is 3.33. The molecule has 0 N–H and O–H groups in total. The SMILES string of the molecule is Clc1nc(Cl)c2c(cc3c(Cl)nccn32)n1. The first-order valence-electron chi connectivity index (χ1n) is 4.31. The standard InChI is InChI=1S/C9H3Cl3N4/c10-7-5-3-4-6(16(5)2-1-13-7)8(11)15-9(12)14-4/h1-3H. The summed E-state index contributed by atoms with van der Waals surface area (Å²) in [6, 6.07) is 1.77. The van der Waals surface area contributed by atoms with Crippen LogP contribution in [0.2, 0.25) is 15.6 Å². The van der Waals surface area contributed by atoms with E-state index in [4.69, 9.17) is 34.8 Å². The third-order valence-electron chi connectivity index (χ3n) is 2.23. The maximum absolute atomic E-state index is 6.02. The van der Waals surface area contributed by atoms with Crippen molar-refractivity contribution in [2.24, 2.45) is 0 Å². The molecule has 3 aromatic heterocycles. The Hall–Kier alpha value is -1.10. The van der Waals surface area contributed by atoms with Gasteiger partial charge in [0.1, 0.15) is 5.52 Å². The van der Waals surface area contributed by atoms with E-state index in [0.717, 1.165) is 5.52 Å². The quantitative estimate of drug-likeness (QED) is 0.466. The number of fused-ring (bicyclic) bond motifs is 3. The molecule has 3 aromatic rings. The van der Waals surface area contributed by atoms with Gasteiger partial charge in [0, 0.05) is 12.4 Å². The third-order valence-corrected chi connectivity index (χ3v) is 2.95. The number of rotatable bonds is 0. The van der Waals surface area contributed by atoms with Crippen molar-refractivity contribution in [1.82, 2.24) is 19.4 Å². The van der Waals surface area contributed by atoms with Gasteiger partial charge >= 0.3 is 0 Å². The molecule has 0 saturated carbocycles. The zero-order valence-corrected chi connectivity index (χ0v) is 9.92. The van der Waals surface area contributed by atoms with Gasteiger partial charge in [-0.15, -0.1) is 0 Å². The molecule has 0 spiro atoms. The zero-order valence-electron chi connectivity index (χ0n) is 7.65. The molecule has 0 atom stereocenters. The van der Waals surface area contributed by atoms with Crippen LogP contribution in [-0.4, -0.2) is 19.4 Å². The Bertz CT molecular complexity index is 707. The summed E-state index contributed by atoms with van der Waals surface area (Å²) in [4.78, 5) is 11.9. The molecule has 0 radical (unpaired) electrons. The summed E-state index contributed by atoms with van der Waals surface area (Å²) >= 11 is 17.7. The first-order chi connectivity index (χ1) is 7.66. The summed E-state index contributed by atoms with van der Waals surface area (Å²) in [7, 11) is 0. The Morgan fingerprint density at radius 1 is 1.06 bits per heavy atom. The third kappa shape index (κ3) is 1.34. The molecule has 0 amide bonds. The van der Waals surface area contributed by atoms with Crippen LogP contribution >= 0.6 is 34.8 Å². The highest BCUT2D eigenvalue weighted by Gasteiger charge is 2.12. The molecule has 4 nitrogen and oxygen atoms in total. The largest absolute Gasteiger partial charge is 0.308 e. The fourth-order valence-corrected chi connectivity index (χ4v) is 2.29. The van der Waals surface area contributed by atoms with Crippen LogP contribution in [0.25, 0.3) is 16.6 Å². The molecular weight excluding hydrogens is 270 g/mol. The average molecular weight is 274 g/mol. The van der Waals surface area contributed by atoms with E-state index in [-0.39, 0.29) is 10.4 Å². The Kier molecular flexibility index (Phi) is 2.17. The molecule has 16 heavy (non-hydrogen) atoms. The van der Waals surface area contributed by atoms with Crippen molar-refractivity contribution in [2.75, 3.05) is 0 Å². The lowest BCUT2D eigenvalue weighted by Crippen LogP contribution is -1.89.